The van der Waals surface area contributed by atoms with E-state index < -0.39 is 24.4 Å². The first-order valence-corrected chi connectivity index (χ1v) is 4.66. The molecule has 0 radical (unpaired) electrons. The van der Waals surface area contributed by atoms with Gasteiger partial charge >= 0.3 is 0 Å². The Morgan fingerprint density at radius 3 is 2.88 bits per heavy atom. The number of nitrogen functional groups attached to an aromatic ring is 1. The number of benzene rings is 1. The van der Waals surface area contributed by atoms with E-state index in [0.717, 1.165) is 6.07 Å². The van der Waals surface area contributed by atoms with Crippen molar-refractivity contribution in [2.75, 3.05) is 18.9 Å². The summed E-state index contributed by atoms with van der Waals surface area (Å²) < 4.78 is 13.2. The lowest BCUT2D eigenvalue weighted by Crippen LogP contribution is -2.34. The third-order valence-corrected chi connectivity index (χ3v) is 1.94. The van der Waals surface area contributed by atoms with Gasteiger partial charge in [-0.25, -0.2) is 4.39 Å². The van der Waals surface area contributed by atoms with Gasteiger partial charge in [0.2, 0.25) is 0 Å². The summed E-state index contributed by atoms with van der Waals surface area (Å²) in [6, 6.07) is 3.64. The van der Waals surface area contributed by atoms with Crippen molar-refractivity contribution in [3.8, 4) is 0 Å². The number of nitrogens with one attached hydrogen (secondary N) is 1. The molecule has 1 unspecified atom stereocenters. The zero-order valence-corrected chi connectivity index (χ0v) is 8.48. The number of halogens is 1. The van der Waals surface area contributed by atoms with E-state index in [4.69, 9.17) is 15.9 Å². The van der Waals surface area contributed by atoms with Gasteiger partial charge in [0.15, 0.2) is 0 Å². The Morgan fingerprint density at radius 1 is 1.56 bits per heavy atom. The first kappa shape index (κ1) is 12.4. The molecule has 0 saturated heterocycles. The molecule has 88 valence electrons. The van der Waals surface area contributed by atoms with Crippen LogP contribution in [0, 0.1) is 5.82 Å². The minimum absolute atomic E-state index is 0.149. The van der Waals surface area contributed by atoms with Gasteiger partial charge in [0.25, 0.3) is 5.91 Å². The van der Waals surface area contributed by atoms with Crippen molar-refractivity contribution in [1.82, 2.24) is 5.32 Å². The van der Waals surface area contributed by atoms with Crippen molar-refractivity contribution in [1.29, 1.82) is 0 Å². The highest BCUT2D eigenvalue weighted by Crippen LogP contribution is 2.11. The number of anilines is 1. The maximum Gasteiger partial charge on any atom is 0.254 e. The van der Waals surface area contributed by atoms with Gasteiger partial charge in [-0.05, 0) is 18.2 Å². The van der Waals surface area contributed by atoms with E-state index >= 15 is 0 Å². The Kier molecular flexibility index (Phi) is 4.21. The molecule has 0 aliphatic rings. The second kappa shape index (κ2) is 5.43. The highest BCUT2D eigenvalue weighted by molar-refractivity contribution is 5.95. The molecule has 1 aromatic carbocycles. The summed E-state index contributed by atoms with van der Waals surface area (Å²) in [6.45, 7) is -0.622. The Labute approximate surface area is 91.7 Å². The molecule has 6 heteroatoms. The van der Waals surface area contributed by atoms with Crippen LogP contribution in [0.4, 0.5) is 10.1 Å². The molecule has 0 fully saturated rings. The summed E-state index contributed by atoms with van der Waals surface area (Å²) in [5, 5.41) is 19.8. The Hall–Kier alpha value is -1.66. The van der Waals surface area contributed by atoms with Gasteiger partial charge in [-0.3, -0.25) is 4.79 Å². The average Bonchev–Trinajstić information content (AvgIpc) is 2.28. The number of carbonyl (C=O) groups is 1. The number of hydrogen-bond acceptors (Lipinski definition) is 4. The third-order valence-electron chi connectivity index (χ3n) is 1.94. The first-order chi connectivity index (χ1) is 7.54. The lowest BCUT2D eigenvalue weighted by Gasteiger charge is -2.09. The molecule has 0 bridgehead atoms. The molecule has 1 atom stereocenters. The van der Waals surface area contributed by atoms with E-state index in [9.17, 15) is 9.18 Å². The van der Waals surface area contributed by atoms with Crippen LogP contribution in [0.15, 0.2) is 18.2 Å². The molecule has 0 aliphatic heterocycles. The molecule has 0 aliphatic carbocycles. The topological polar surface area (TPSA) is 95.6 Å². The van der Waals surface area contributed by atoms with Gasteiger partial charge in [-0.2, -0.15) is 0 Å². The van der Waals surface area contributed by atoms with E-state index in [1.807, 2.05) is 0 Å². The number of aliphatic hydroxyl groups is 2. The summed E-state index contributed by atoms with van der Waals surface area (Å²) in [5.74, 6) is -1.37. The van der Waals surface area contributed by atoms with E-state index in [1.165, 1.54) is 12.1 Å². The summed E-state index contributed by atoms with van der Waals surface area (Å²) >= 11 is 0. The lowest BCUT2D eigenvalue weighted by atomic mass is 10.1. The molecule has 0 saturated carbocycles. The van der Waals surface area contributed by atoms with Gasteiger partial charge in [0.1, 0.15) is 5.82 Å². The Morgan fingerprint density at radius 2 is 2.25 bits per heavy atom. The number of aliphatic hydroxyl groups excluding tert-OH is 2. The quantitative estimate of drug-likeness (QED) is 0.522. The number of nitrogens with two attached hydrogens (primary N) is 1. The maximum atomic E-state index is 13.2. The van der Waals surface area contributed by atoms with Crippen LogP contribution >= 0.6 is 0 Å². The van der Waals surface area contributed by atoms with Gasteiger partial charge < -0.3 is 21.3 Å². The molecule has 16 heavy (non-hydrogen) atoms. The SMILES string of the molecule is Nc1ccc(F)c(C(=O)NCC(O)CO)c1. The monoisotopic (exact) mass is 228 g/mol. The average molecular weight is 228 g/mol. The van der Waals surface area contributed by atoms with Gasteiger partial charge in [-0.15, -0.1) is 0 Å². The zero-order valence-electron chi connectivity index (χ0n) is 8.48. The van der Waals surface area contributed by atoms with Crippen LogP contribution < -0.4 is 11.1 Å². The smallest absolute Gasteiger partial charge is 0.254 e. The fourth-order valence-corrected chi connectivity index (χ4v) is 1.09. The van der Waals surface area contributed by atoms with Crippen molar-refractivity contribution in [3.63, 3.8) is 0 Å². The molecule has 0 heterocycles. The molecule has 1 aromatic rings. The van der Waals surface area contributed by atoms with E-state index in [1.54, 1.807) is 0 Å². The minimum Gasteiger partial charge on any atom is -0.399 e. The minimum atomic E-state index is -1.06. The predicted molar refractivity (Wildman–Crippen MR) is 56.2 cm³/mol. The first-order valence-electron chi connectivity index (χ1n) is 4.66. The number of amides is 1. The van der Waals surface area contributed by atoms with E-state index in [-0.39, 0.29) is 17.8 Å². The van der Waals surface area contributed by atoms with Gasteiger partial charge in [0.05, 0.1) is 18.3 Å². The molecule has 5 nitrogen and oxygen atoms in total. The van der Waals surface area contributed by atoms with Crippen molar-refractivity contribution in [2.24, 2.45) is 0 Å². The lowest BCUT2D eigenvalue weighted by molar-refractivity contribution is 0.0799. The molecule has 1 amide bonds. The van der Waals surface area contributed by atoms with Gasteiger partial charge in [-0.1, -0.05) is 0 Å². The molecular formula is C10H13FN2O3. The number of rotatable bonds is 4. The molecule has 1 rings (SSSR count). The highest BCUT2D eigenvalue weighted by atomic mass is 19.1. The van der Waals surface area contributed by atoms with E-state index in [2.05, 4.69) is 5.32 Å². The third kappa shape index (κ3) is 3.18. The summed E-state index contributed by atoms with van der Waals surface area (Å²) in [5.41, 5.74) is 5.49. The second-order valence-corrected chi connectivity index (χ2v) is 3.29. The van der Waals surface area contributed by atoms with Crippen molar-refractivity contribution < 1.29 is 19.4 Å². The van der Waals surface area contributed by atoms with Crippen LogP contribution in [-0.4, -0.2) is 35.4 Å². The standard InChI is InChI=1S/C10H13FN2O3/c11-9-2-1-6(12)3-8(9)10(16)13-4-7(15)5-14/h1-3,7,14-15H,4-5,12H2,(H,13,16). The second-order valence-electron chi connectivity index (χ2n) is 3.29. The normalized spacial score (nSPS) is 12.2. The molecular weight excluding hydrogens is 215 g/mol. The molecule has 0 aromatic heterocycles. The fourth-order valence-electron chi connectivity index (χ4n) is 1.09. The summed E-state index contributed by atoms with van der Waals surface area (Å²) in [4.78, 5) is 11.4. The van der Waals surface area contributed by atoms with Crippen LogP contribution in [0.5, 0.6) is 0 Å². The molecule has 5 N–H and O–H groups in total. The molecule has 0 spiro atoms. The van der Waals surface area contributed by atoms with Crippen molar-refractivity contribution in [2.45, 2.75) is 6.10 Å². The van der Waals surface area contributed by atoms with Crippen LogP contribution in [-0.2, 0) is 0 Å². The fraction of sp³-hybridized carbons (Fsp3) is 0.300. The largest absolute Gasteiger partial charge is 0.399 e. The van der Waals surface area contributed by atoms with Crippen LogP contribution in [0.2, 0.25) is 0 Å². The van der Waals surface area contributed by atoms with E-state index in [0.29, 0.717) is 0 Å². The van der Waals surface area contributed by atoms with Crippen molar-refractivity contribution in [3.05, 3.63) is 29.6 Å². The summed E-state index contributed by atoms with van der Waals surface area (Å²) in [7, 11) is 0. The summed E-state index contributed by atoms with van der Waals surface area (Å²) in [6.07, 6.45) is -1.06. The maximum absolute atomic E-state index is 13.2. The number of carbonyl (C=O) groups excluding carboxylic acids is 1. The van der Waals surface area contributed by atoms with Gasteiger partial charge in [0, 0.05) is 12.2 Å². The number of hydrogen-bond donors (Lipinski definition) is 4. The van der Waals surface area contributed by atoms with Crippen molar-refractivity contribution >= 4 is 11.6 Å². The van der Waals surface area contributed by atoms with Crippen LogP contribution in [0.3, 0.4) is 0 Å². The Balaban J connectivity index is 2.69. The highest BCUT2D eigenvalue weighted by Gasteiger charge is 2.12. The Bertz CT molecular complexity index is 384. The zero-order chi connectivity index (χ0) is 12.1. The predicted octanol–water partition coefficient (Wildman–Crippen LogP) is -0.509. The van der Waals surface area contributed by atoms with Crippen LogP contribution in [0.1, 0.15) is 10.4 Å². The van der Waals surface area contributed by atoms with Crippen LogP contribution in [0.25, 0.3) is 0 Å².